The zero-order valence-electron chi connectivity index (χ0n) is 13.0. The third-order valence-corrected chi connectivity index (χ3v) is 4.54. The lowest BCUT2D eigenvalue weighted by molar-refractivity contribution is 1.11. The van der Waals surface area contributed by atoms with E-state index >= 15 is 0 Å². The van der Waals surface area contributed by atoms with Crippen LogP contribution < -0.4 is 10.2 Å². The van der Waals surface area contributed by atoms with Crippen LogP contribution in [0.5, 0.6) is 0 Å². The number of para-hydroxylation sites is 2. The van der Waals surface area contributed by atoms with E-state index < -0.39 is 0 Å². The Hall–Kier alpha value is -2.99. The predicted molar refractivity (Wildman–Crippen MR) is 99.4 cm³/mol. The summed E-state index contributed by atoms with van der Waals surface area (Å²) in [6, 6.07) is 20.1. The lowest BCUT2D eigenvalue weighted by atomic mass is 10.3. The summed E-state index contributed by atoms with van der Waals surface area (Å²) in [5.41, 5.74) is 2.86. The Bertz CT molecular complexity index is 953. The summed E-state index contributed by atoms with van der Waals surface area (Å²) in [7, 11) is 1.99. The molecule has 0 atom stereocenters. The first kappa shape index (κ1) is 14.6. The maximum atomic E-state index is 4.70. The molecule has 2 heterocycles. The van der Waals surface area contributed by atoms with Crippen LogP contribution in [-0.2, 0) is 0 Å². The molecule has 0 unspecified atom stereocenters. The highest BCUT2D eigenvalue weighted by Crippen LogP contribution is 2.33. The molecule has 2 aromatic carbocycles. The molecule has 0 aliphatic rings. The van der Waals surface area contributed by atoms with Crippen molar-refractivity contribution in [2.75, 3.05) is 17.3 Å². The van der Waals surface area contributed by atoms with Crippen LogP contribution in [0.3, 0.4) is 0 Å². The van der Waals surface area contributed by atoms with Gasteiger partial charge in [-0.15, -0.1) is 0 Å². The molecule has 2 aromatic heterocycles. The summed E-state index contributed by atoms with van der Waals surface area (Å²) in [4.78, 5) is 16.4. The number of rotatable bonds is 4. The van der Waals surface area contributed by atoms with Gasteiger partial charge >= 0.3 is 0 Å². The predicted octanol–water partition coefficient (Wildman–Crippen LogP) is 4.60. The lowest BCUT2D eigenvalue weighted by Crippen LogP contribution is -2.11. The third kappa shape index (κ3) is 2.79. The van der Waals surface area contributed by atoms with E-state index in [1.165, 1.54) is 11.3 Å². The van der Waals surface area contributed by atoms with E-state index in [0.29, 0.717) is 0 Å². The van der Waals surface area contributed by atoms with Crippen molar-refractivity contribution in [2.24, 2.45) is 0 Å². The minimum atomic E-state index is 0.795. The van der Waals surface area contributed by atoms with Crippen molar-refractivity contribution in [3.8, 4) is 0 Å². The molecular formula is C18H15N5S. The first-order valence-corrected chi connectivity index (χ1v) is 8.35. The molecule has 0 saturated carbocycles. The molecule has 0 bridgehead atoms. The van der Waals surface area contributed by atoms with Crippen molar-refractivity contribution in [2.45, 2.75) is 0 Å². The molecule has 0 amide bonds. The van der Waals surface area contributed by atoms with Gasteiger partial charge in [0.1, 0.15) is 11.8 Å². The van der Waals surface area contributed by atoms with Crippen LogP contribution in [-0.4, -0.2) is 22.0 Å². The highest BCUT2D eigenvalue weighted by molar-refractivity contribution is 7.21. The average Bonchev–Trinajstić information content (AvgIpc) is 3.05. The minimum Gasteiger partial charge on any atom is -0.331 e. The lowest BCUT2D eigenvalue weighted by Gasteiger charge is -2.17. The van der Waals surface area contributed by atoms with E-state index in [1.54, 1.807) is 6.33 Å². The normalized spacial score (nSPS) is 10.7. The van der Waals surface area contributed by atoms with Crippen LogP contribution in [0.25, 0.3) is 10.3 Å². The van der Waals surface area contributed by atoms with Gasteiger partial charge in [-0.25, -0.2) is 15.0 Å². The monoisotopic (exact) mass is 333 g/mol. The summed E-state index contributed by atoms with van der Waals surface area (Å²) in [6.45, 7) is 0. The van der Waals surface area contributed by atoms with Gasteiger partial charge in [0.2, 0.25) is 0 Å². The molecule has 1 N–H and O–H groups in total. The summed E-state index contributed by atoms with van der Waals surface area (Å²) in [6.07, 6.45) is 1.58. The van der Waals surface area contributed by atoms with Crippen molar-refractivity contribution in [3.63, 3.8) is 0 Å². The van der Waals surface area contributed by atoms with E-state index in [-0.39, 0.29) is 0 Å². The van der Waals surface area contributed by atoms with Crippen molar-refractivity contribution < 1.29 is 0 Å². The standard InChI is InChI=1S/C18H15N5S/c1-23(14-10-6-3-7-11-14)16-15-17(20-12-19-16)24-18(22-15)21-13-8-4-2-5-9-13/h2-12H,1H3,(H,21,22). The zero-order chi connectivity index (χ0) is 16.4. The van der Waals surface area contributed by atoms with Crippen molar-refractivity contribution in [1.29, 1.82) is 0 Å². The van der Waals surface area contributed by atoms with Crippen LogP contribution in [0.4, 0.5) is 22.3 Å². The first-order chi connectivity index (χ1) is 11.8. The fourth-order valence-corrected chi connectivity index (χ4v) is 3.28. The quantitative estimate of drug-likeness (QED) is 0.591. The molecule has 0 aliphatic heterocycles. The molecule has 24 heavy (non-hydrogen) atoms. The number of hydrogen-bond donors (Lipinski definition) is 1. The minimum absolute atomic E-state index is 0.795. The van der Waals surface area contributed by atoms with Gasteiger partial charge in [0.15, 0.2) is 15.8 Å². The zero-order valence-corrected chi connectivity index (χ0v) is 13.9. The second-order valence-corrected chi connectivity index (χ2v) is 6.23. The Morgan fingerprint density at radius 2 is 1.62 bits per heavy atom. The van der Waals surface area contributed by atoms with Gasteiger partial charge in [0, 0.05) is 18.4 Å². The van der Waals surface area contributed by atoms with E-state index in [9.17, 15) is 0 Å². The molecule has 4 rings (SSSR count). The van der Waals surface area contributed by atoms with Crippen LogP contribution in [0.2, 0.25) is 0 Å². The Kier molecular flexibility index (Phi) is 3.80. The summed E-state index contributed by atoms with van der Waals surface area (Å²) in [5.74, 6) is 0.795. The second kappa shape index (κ2) is 6.25. The summed E-state index contributed by atoms with van der Waals surface area (Å²) < 4.78 is 0. The van der Waals surface area contributed by atoms with Gasteiger partial charge < -0.3 is 10.2 Å². The molecular weight excluding hydrogens is 318 g/mol. The molecule has 0 fully saturated rings. The highest BCUT2D eigenvalue weighted by atomic mass is 32.1. The van der Waals surface area contributed by atoms with Crippen LogP contribution in [0.1, 0.15) is 0 Å². The Morgan fingerprint density at radius 3 is 2.38 bits per heavy atom. The van der Waals surface area contributed by atoms with Crippen LogP contribution in [0, 0.1) is 0 Å². The largest absolute Gasteiger partial charge is 0.331 e. The fourth-order valence-electron chi connectivity index (χ4n) is 2.46. The third-order valence-electron chi connectivity index (χ3n) is 3.66. The molecule has 0 spiro atoms. The number of nitrogens with zero attached hydrogens (tertiary/aromatic N) is 4. The molecule has 5 nitrogen and oxygen atoms in total. The van der Waals surface area contributed by atoms with Crippen LogP contribution >= 0.6 is 11.3 Å². The second-order valence-electron chi connectivity index (χ2n) is 5.26. The SMILES string of the molecule is CN(c1ccccc1)c1ncnc2sc(Nc3ccccc3)nc12. The van der Waals surface area contributed by atoms with Crippen molar-refractivity contribution in [1.82, 2.24) is 15.0 Å². The maximum Gasteiger partial charge on any atom is 0.189 e. The van der Waals surface area contributed by atoms with Gasteiger partial charge in [0.05, 0.1) is 0 Å². The number of fused-ring (bicyclic) bond motifs is 1. The van der Waals surface area contributed by atoms with Gasteiger partial charge in [-0.05, 0) is 24.3 Å². The Morgan fingerprint density at radius 1 is 0.917 bits per heavy atom. The molecule has 4 aromatic rings. The van der Waals surface area contributed by atoms with E-state index in [1.807, 2.05) is 72.6 Å². The van der Waals surface area contributed by atoms with Crippen LogP contribution in [0.15, 0.2) is 67.0 Å². The number of nitrogens with one attached hydrogen (secondary N) is 1. The Labute approximate surface area is 143 Å². The average molecular weight is 333 g/mol. The van der Waals surface area contributed by atoms with E-state index in [2.05, 4.69) is 15.3 Å². The smallest absolute Gasteiger partial charge is 0.189 e. The number of aromatic nitrogens is 3. The van der Waals surface area contributed by atoms with Gasteiger partial charge in [0.25, 0.3) is 0 Å². The van der Waals surface area contributed by atoms with Gasteiger partial charge in [-0.2, -0.15) is 0 Å². The molecule has 0 saturated heterocycles. The molecule has 6 heteroatoms. The Balaban J connectivity index is 1.72. The van der Waals surface area contributed by atoms with Gasteiger partial charge in [-0.1, -0.05) is 47.7 Å². The number of benzene rings is 2. The first-order valence-electron chi connectivity index (χ1n) is 7.53. The number of anilines is 4. The fraction of sp³-hybridized carbons (Fsp3) is 0.0556. The topological polar surface area (TPSA) is 53.9 Å². The molecule has 0 aliphatic carbocycles. The maximum absolute atomic E-state index is 4.70. The summed E-state index contributed by atoms with van der Waals surface area (Å²) in [5, 5.41) is 4.13. The van der Waals surface area contributed by atoms with Crippen molar-refractivity contribution >= 4 is 44.0 Å². The number of thiazole rings is 1. The number of hydrogen-bond acceptors (Lipinski definition) is 6. The van der Waals surface area contributed by atoms with E-state index in [4.69, 9.17) is 4.98 Å². The summed E-state index contributed by atoms with van der Waals surface area (Å²) >= 11 is 1.52. The molecule has 118 valence electrons. The van der Waals surface area contributed by atoms with Gasteiger partial charge in [-0.3, -0.25) is 0 Å². The van der Waals surface area contributed by atoms with E-state index in [0.717, 1.165) is 32.7 Å². The molecule has 0 radical (unpaired) electrons. The highest BCUT2D eigenvalue weighted by Gasteiger charge is 2.15. The van der Waals surface area contributed by atoms with Crippen molar-refractivity contribution in [3.05, 3.63) is 67.0 Å².